The number of amides is 1. The average molecular weight is 271 g/mol. The van der Waals surface area contributed by atoms with E-state index < -0.39 is 0 Å². The number of carbonyl (C=O) groups excluding carboxylic acids is 1. The molecule has 96 valence electrons. The van der Waals surface area contributed by atoms with E-state index in [9.17, 15) is 4.79 Å². The van der Waals surface area contributed by atoms with Crippen LogP contribution in [0, 0.1) is 11.8 Å². The highest BCUT2D eigenvalue weighted by atomic mass is 32.1. The Morgan fingerprint density at radius 3 is 2.84 bits per heavy atom. The van der Waals surface area contributed by atoms with Crippen LogP contribution in [0.1, 0.15) is 20.8 Å². The van der Waals surface area contributed by atoms with Gasteiger partial charge in [0.15, 0.2) is 0 Å². The quantitative estimate of drug-likeness (QED) is 0.839. The number of aliphatic hydroxyl groups excluding tert-OH is 1. The molecule has 1 amide bonds. The van der Waals surface area contributed by atoms with Crippen molar-refractivity contribution >= 4 is 17.2 Å². The van der Waals surface area contributed by atoms with Crippen molar-refractivity contribution in [3.8, 4) is 11.8 Å². The van der Waals surface area contributed by atoms with E-state index in [1.54, 1.807) is 12.1 Å². The molecule has 1 heterocycles. The third kappa shape index (κ3) is 3.95. The molecule has 0 unspecified atom stereocenters. The molecule has 2 N–H and O–H groups in total. The van der Waals surface area contributed by atoms with Crippen LogP contribution in [0.5, 0.6) is 0 Å². The van der Waals surface area contributed by atoms with Crippen LogP contribution in [0.25, 0.3) is 0 Å². The molecule has 0 saturated heterocycles. The lowest BCUT2D eigenvalue weighted by molar-refractivity contribution is 0.0951. The number of carbonyl (C=O) groups is 1. The lowest BCUT2D eigenvalue weighted by Crippen LogP contribution is -2.22. The van der Waals surface area contributed by atoms with Crippen molar-refractivity contribution in [3.05, 3.63) is 57.8 Å². The first kappa shape index (κ1) is 13.3. The summed E-state index contributed by atoms with van der Waals surface area (Å²) in [4.78, 5) is 12.9. The van der Waals surface area contributed by atoms with Gasteiger partial charge in [-0.3, -0.25) is 4.79 Å². The first-order valence-electron chi connectivity index (χ1n) is 5.80. The van der Waals surface area contributed by atoms with E-state index in [2.05, 4.69) is 17.2 Å². The Hall–Kier alpha value is -2.09. The van der Waals surface area contributed by atoms with Crippen molar-refractivity contribution in [3.63, 3.8) is 0 Å². The molecule has 0 bridgehead atoms. The molecule has 0 aliphatic heterocycles. The molecule has 0 radical (unpaired) electrons. The van der Waals surface area contributed by atoms with Gasteiger partial charge in [0.2, 0.25) is 0 Å². The Kier molecular flexibility index (Phi) is 4.73. The minimum absolute atomic E-state index is 0.0861. The normalized spacial score (nSPS) is 9.53. The Bertz CT molecular complexity index is 608. The average Bonchev–Trinajstić information content (AvgIpc) is 2.91. The van der Waals surface area contributed by atoms with Crippen LogP contribution in [0.15, 0.2) is 41.8 Å². The fourth-order valence-electron chi connectivity index (χ4n) is 1.54. The predicted octanol–water partition coefficient (Wildman–Crippen LogP) is 2.02. The van der Waals surface area contributed by atoms with Crippen LogP contribution >= 0.6 is 11.3 Å². The fraction of sp³-hybridized carbons (Fsp3) is 0.133. The summed E-state index contributed by atoms with van der Waals surface area (Å²) in [6.07, 6.45) is 0. The van der Waals surface area contributed by atoms with Crippen LogP contribution in [-0.2, 0) is 6.54 Å². The standard InChI is InChI=1S/C15H13NO2S/c17-8-4-5-12-9-14(19-11-12)10-16-15(18)13-6-2-1-3-7-13/h1-3,6-7,9,11,17H,8,10H2,(H,16,18). The van der Waals surface area contributed by atoms with Crippen LogP contribution in [0.4, 0.5) is 0 Å². The number of hydrogen-bond acceptors (Lipinski definition) is 3. The molecule has 0 atom stereocenters. The second-order valence-electron chi connectivity index (χ2n) is 3.81. The molecule has 3 nitrogen and oxygen atoms in total. The smallest absolute Gasteiger partial charge is 0.251 e. The summed E-state index contributed by atoms with van der Waals surface area (Å²) in [5.41, 5.74) is 1.52. The molecule has 4 heteroatoms. The molecule has 2 aromatic rings. The highest BCUT2D eigenvalue weighted by Crippen LogP contribution is 2.13. The van der Waals surface area contributed by atoms with Crippen LogP contribution in [0.2, 0.25) is 0 Å². The Balaban J connectivity index is 1.92. The Morgan fingerprint density at radius 1 is 1.32 bits per heavy atom. The van der Waals surface area contributed by atoms with E-state index in [0.717, 1.165) is 10.4 Å². The first-order valence-corrected chi connectivity index (χ1v) is 6.68. The summed E-state index contributed by atoms with van der Waals surface area (Å²) in [5.74, 6) is 5.34. The molecule has 0 spiro atoms. The highest BCUT2D eigenvalue weighted by molar-refractivity contribution is 7.10. The minimum atomic E-state index is -0.143. The number of benzene rings is 1. The van der Waals surface area contributed by atoms with Crippen molar-refractivity contribution in [2.45, 2.75) is 6.54 Å². The van der Waals surface area contributed by atoms with Gasteiger partial charge < -0.3 is 10.4 Å². The van der Waals surface area contributed by atoms with Crippen molar-refractivity contribution in [1.82, 2.24) is 5.32 Å². The van der Waals surface area contributed by atoms with E-state index in [-0.39, 0.29) is 12.5 Å². The van der Waals surface area contributed by atoms with E-state index >= 15 is 0 Å². The SMILES string of the molecule is O=C(NCc1cc(C#CCO)cs1)c1ccccc1. The molecule has 0 aliphatic rings. The van der Waals surface area contributed by atoms with Crippen molar-refractivity contribution < 1.29 is 9.90 Å². The lowest BCUT2D eigenvalue weighted by atomic mass is 10.2. The summed E-state index contributed by atoms with van der Waals surface area (Å²) in [6.45, 7) is 0.342. The van der Waals surface area contributed by atoms with Gasteiger partial charge >= 0.3 is 0 Å². The van der Waals surface area contributed by atoms with Gasteiger partial charge in [0.25, 0.3) is 5.91 Å². The van der Waals surface area contributed by atoms with Crippen molar-refractivity contribution in [2.24, 2.45) is 0 Å². The summed E-state index contributed by atoms with van der Waals surface area (Å²) >= 11 is 1.54. The molecule has 1 aromatic heterocycles. The number of nitrogens with one attached hydrogen (secondary N) is 1. The number of hydrogen-bond donors (Lipinski definition) is 2. The molecule has 0 fully saturated rings. The zero-order valence-corrected chi connectivity index (χ0v) is 11.0. The topological polar surface area (TPSA) is 49.3 Å². The summed E-state index contributed by atoms with van der Waals surface area (Å²) in [6, 6.07) is 11.0. The first-order chi connectivity index (χ1) is 9.29. The van der Waals surface area contributed by atoms with Gasteiger partial charge in [-0.15, -0.1) is 11.3 Å². The van der Waals surface area contributed by atoms with Crippen LogP contribution in [0.3, 0.4) is 0 Å². The monoisotopic (exact) mass is 271 g/mol. The predicted molar refractivity (Wildman–Crippen MR) is 75.9 cm³/mol. The van der Waals surface area contributed by atoms with Gasteiger partial charge in [0.05, 0.1) is 6.54 Å². The summed E-state index contributed by atoms with van der Waals surface area (Å²) in [5, 5.41) is 13.4. The highest BCUT2D eigenvalue weighted by Gasteiger charge is 2.04. The zero-order chi connectivity index (χ0) is 13.5. The second-order valence-corrected chi connectivity index (χ2v) is 4.81. The Labute approximate surface area is 115 Å². The van der Waals surface area contributed by atoms with Gasteiger partial charge in [-0.1, -0.05) is 30.0 Å². The number of rotatable bonds is 3. The molecule has 0 saturated carbocycles. The van der Waals surface area contributed by atoms with Gasteiger partial charge in [-0.25, -0.2) is 0 Å². The number of thiophene rings is 1. The van der Waals surface area contributed by atoms with E-state index in [0.29, 0.717) is 12.1 Å². The third-order valence-electron chi connectivity index (χ3n) is 2.42. The maximum absolute atomic E-state index is 11.8. The van der Waals surface area contributed by atoms with E-state index in [1.165, 1.54) is 11.3 Å². The second kappa shape index (κ2) is 6.74. The van der Waals surface area contributed by atoms with Gasteiger partial charge in [-0.05, 0) is 18.2 Å². The number of aliphatic hydroxyl groups is 1. The molecule has 2 rings (SSSR count). The van der Waals surface area contributed by atoms with Crippen molar-refractivity contribution in [2.75, 3.05) is 6.61 Å². The van der Waals surface area contributed by atoms with E-state index in [4.69, 9.17) is 5.11 Å². The Morgan fingerprint density at radius 2 is 2.11 bits per heavy atom. The minimum Gasteiger partial charge on any atom is -0.384 e. The molecular weight excluding hydrogens is 258 g/mol. The molecule has 19 heavy (non-hydrogen) atoms. The summed E-state index contributed by atoms with van der Waals surface area (Å²) < 4.78 is 0. The van der Waals surface area contributed by atoms with Crippen molar-refractivity contribution in [1.29, 1.82) is 0 Å². The molecular formula is C15H13NO2S. The molecule has 1 aromatic carbocycles. The maximum Gasteiger partial charge on any atom is 0.251 e. The maximum atomic E-state index is 11.8. The largest absolute Gasteiger partial charge is 0.384 e. The van der Waals surface area contributed by atoms with Gasteiger partial charge in [0.1, 0.15) is 6.61 Å². The summed E-state index contributed by atoms with van der Waals surface area (Å²) in [7, 11) is 0. The van der Waals surface area contributed by atoms with Gasteiger partial charge in [-0.2, -0.15) is 0 Å². The third-order valence-corrected chi connectivity index (χ3v) is 3.36. The molecule has 0 aliphatic carbocycles. The van der Waals surface area contributed by atoms with Gasteiger partial charge in [0, 0.05) is 21.4 Å². The fourth-order valence-corrected chi connectivity index (χ4v) is 2.30. The van der Waals surface area contributed by atoms with Crippen LogP contribution < -0.4 is 5.32 Å². The van der Waals surface area contributed by atoms with Crippen LogP contribution in [-0.4, -0.2) is 17.6 Å². The zero-order valence-electron chi connectivity index (χ0n) is 10.2. The lowest BCUT2D eigenvalue weighted by Gasteiger charge is -2.02. The van der Waals surface area contributed by atoms with E-state index in [1.807, 2.05) is 29.6 Å².